The second kappa shape index (κ2) is 5.70. The minimum absolute atomic E-state index is 0.474. The van der Waals surface area contributed by atoms with Crippen LogP contribution in [0.15, 0.2) is 36.9 Å². The first-order valence-corrected chi connectivity index (χ1v) is 6.82. The third kappa shape index (κ3) is 2.39. The molecule has 0 saturated heterocycles. The molecule has 98 valence electrons. The van der Waals surface area contributed by atoms with Crippen molar-refractivity contribution in [2.75, 3.05) is 0 Å². The molecule has 2 aromatic rings. The van der Waals surface area contributed by atoms with E-state index in [0.29, 0.717) is 5.71 Å². The number of rotatable bonds is 2. The summed E-state index contributed by atoms with van der Waals surface area (Å²) in [4.78, 5) is 3.45. The van der Waals surface area contributed by atoms with Crippen LogP contribution in [0.1, 0.15) is 37.1 Å². The number of benzene rings is 1. The van der Waals surface area contributed by atoms with Crippen molar-refractivity contribution in [1.29, 1.82) is 5.41 Å². The second-order valence-corrected chi connectivity index (χ2v) is 4.34. The van der Waals surface area contributed by atoms with E-state index in [0.717, 1.165) is 23.9 Å². The standard InChI is InChI=1S/C15H14N2.C2H6/c1-2-13(16)10-7-8-15-12(9-10)11-5-3-4-6-14(11)17-15;1-2/h2-3,5,7-9,16-17H,1,4,6H2;1-2H3. The van der Waals surface area contributed by atoms with E-state index in [-0.39, 0.29) is 0 Å². The number of hydrogen-bond donors (Lipinski definition) is 2. The van der Waals surface area contributed by atoms with Crippen molar-refractivity contribution in [2.45, 2.75) is 26.7 Å². The highest BCUT2D eigenvalue weighted by molar-refractivity contribution is 6.08. The van der Waals surface area contributed by atoms with Crippen molar-refractivity contribution in [3.63, 3.8) is 0 Å². The van der Waals surface area contributed by atoms with Gasteiger partial charge in [0.1, 0.15) is 0 Å². The molecule has 0 saturated carbocycles. The Morgan fingerprint density at radius 2 is 2.16 bits per heavy atom. The summed E-state index contributed by atoms with van der Waals surface area (Å²) >= 11 is 0. The van der Waals surface area contributed by atoms with Crippen molar-refractivity contribution < 1.29 is 0 Å². The van der Waals surface area contributed by atoms with Crippen molar-refractivity contribution in [3.05, 3.63) is 53.8 Å². The quantitative estimate of drug-likeness (QED) is 0.727. The SMILES string of the molecule is C=CC(=N)c1ccc2[nH]c3c(c2c1)C=CCC3.CC. The van der Waals surface area contributed by atoms with E-state index in [1.54, 1.807) is 6.08 Å². The predicted molar refractivity (Wildman–Crippen MR) is 84.0 cm³/mol. The topological polar surface area (TPSA) is 39.6 Å². The van der Waals surface area contributed by atoms with Gasteiger partial charge >= 0.3 is 0 Å². The Hall–Kier alpha value is -2.09. The Bertz CT molecular complexity index is 645. The highest BCUT2D eigenvalue weighted by atomic mass is 14.7. The lowest BCUT2D eigenvalue weighted by molar-refractivity contribution is 0.951. The molecule has 0 radical (unpaired) electrons. The van der Waals surface area contributed by atoms with Crippen LogP contribution in [-0.2, 0) is 6.42 Å². The Morgan fingerprint density at radius 3 is 2.89 bits per heavy atom. The van der Waals surface area contributed by atoms with Crippen LogP contribution >= 0.6 is 0 Å². The van der Waals surface area contributed by atoms with Crippen LogP contribution in [0.25, 0.3) is 17.0 Å². The first-order chi connectivity index (χ1) is 9.29. The molecule has 19 heavy (non-hydrogen) atoms. The maximum atomic E-state index is 7.80. The summed E-state index contributed by atoms with van der Waals surface area (Å²) in [7, 11) is 0. The fourth-order valence-electron chi connectivity index (χ4n) is 2.37. The Morgan fingerprint density at radius 1 is 1.37 bits per heavy atom. The predicted octanol–water partition coefficient (Wildman–Crippen LogP) is 4.71. The number of aryl methyl sites for hydroxylation is 1. The van der Waals surface area contributed by atoms with Gasteiger partial charge in [-0.1, -0.05) is 38.6 Å². The lowest BCUT2D eigenvalue weighted by Crippen LogP contribution is -1.93. The van der Waals surface area contributed by atoms with Gasteiger partial charge in [0.25, 0.3) is 0 Å². The van der Waals surface area contributed by atoms with Gasteiger partial charge in [0.15, 0.2) is 0 Å². The summed E-state index contributed by atoms with van der Waals surface area (Å²) in [5, 5.41) is 9.01. The van der Waals surface area contributed by atoms with Crippen molar-refractivity contribution in [2.24, 2.45) is 0 Å². The zero-order valence-electron chi connectivity index (χ0n) is 11.6. The molecular formula is C17H20N2. The van der Waals surface area contributed by atoms with E-state index in [4.69, 9.17) is 5.41 Å². The van der Waals surface area contributed by atoms with E-state index in [1.165, 1.54) is 16.6 Å². The summed E-state index contributed by atoms with van der Waals surface area (Å²) < 4.78 is 0. The van der Waals surface area contributed by atoms with Crippen LogP contribution in [0.4, 0.5) is 0 Å². The van der Waals surface area contributed by atoms with Gasteiger partial charge in [-0.2, -0.15) is 0 Å². The van der Waals surface area contributed by atoms with Crippen LogP contribution in [-0.4, -0.2) is 10.7 Å². The normalized spacial score (nSPS) is 12.5. The Balaban J connectivity index is 0.000000637. The van der Waals surface area contributed by atoms with Gasteiger partial charge in [-0.3, -0.25) is 0 Å². The fraction of sp³-hybridized carbons (Fsp3) is 0.235. The molecule has 0 spiro atoms. The Kier molecular flexibility index (Phi) is 4.00. The lowest BCUT2D eigenvalue weighted by atomic mass is 10.0. The van der Waals surface area contributed by atoms with Crippen LogP contribution in [0.2, 0.25) is 0 Å². The zero-order valence-corrected chi connectivity index (χ0v) is 11.6. The van der Waals surface area contributed by atoms with Gasteiger partial charge in [0.05, 0.1) is 5.71 Å². The molecule has 1 aromatic heterocycles. The number of aromatic nitrogens is 1. The fourth-order valence-corrected chi connectivity index (χ4v) is 2.37. The maximum absolute atomic E-state index is 7.80. The Labute approximate surface area is 114 Å². The van der Waals surface area contributed by atoms with Crippen molar-refractivity contribution >= 4 is 22.7 Å². The number of allylic oxidation sites excluding steroid dienone is 2. The van der Waals surface area contributed by atoms with Gasteiger partial charge < -0.3 is 10.4 Å². The average Bonchev–Trinajstić information content (AvgIpc) is 2.86. The molecule has 0 aliphatic heterocycles. The molecule has 2 heteroatoms. The van der Waals surface area contributed by atoms with Gasteiger partial charge in [-0.05, 0) is 31.1 Å². The number of fused-ring (bicyclic) bond motifs is 3. The summed E-state index contributed by atoms with van der Waals surface area (Å²) in [6, 6.07) is 6.09. The van der Waals surface area contributed by atoms with E-state index in [2.05, 4.69) is 35.8 Å². The van der Waals surface area contributed by atoms with E-state index < -0.39 is 0 Å². The molecule has 0 atom stereocenters. The maximum Gasteiger partial charge on any atom is 0.0606 e. The minimum Gasteiger partial charge on any atom is -0.358 e. The monoisotopic (exact) mass is 252 g/mol. The van der Waals surface area contributed by atoms with Crippen LogP contribution in [0.3, 0.4) is 0 Å². The minimum atomic E-state index is 0.474. The molecular weight excluding hydrogens is 232 g/mol. The highest BCUT2D eigenvalue weighted by Gasteiger charge is 2.12. The highest BCUT2D eigenvalue weighted by Crippen LogP contribution is 2.28. The third-order valence-corrected chi connectivity index (χ3v) is 3.28. The summed E-state index contributed by atoms with van der Waals surface area (Å²) in [6.45, 7) is 7.65. The van der Waals surface area contributed by atoms with Gasteiger partial charge in [-0.15, -0.1) is 0 Å². The first-order valence-electron chi connectivity index (χ1n) is 6.82. The lowest BCUT2D eigenvalue weighted by Gasteiger charge is -2.04. The van der Waals surface area contributed by atoms with Crippen LogP contribution in [0, 0.1) is 5.41 Å². The van der Waals surface area contributed by atoms with E-state index in [9.17, 15) is 0 Å². The first kappa shape index (κ1) is 13.3. The summed E-state index contributed by atoms with van der Waals surface area (Å²) in [5.41, 5.74) is 5.15. The van der Waals surface area contributed by atoms with Gasteiger partial charge in [0, 0.05) is 27.7 Å². The average molecular weight is 252 g/mol. The van der Waals surface area contributed by atoms with E-state index >= 15 is 0 Å². The second-order valence-electron chi connectivity index (χ2n) is 4.34. The largest absolute Gasteiger partial charge is 0.358 e. The molecule has 1 aromatic carbocycles. The van der Waals surface area contributed by atoms with Gasteiger partial charge in [-0.25, -0.2) is 0 Å². The number of nitrogens with one attached hydrogen (secondary N) is 2. The molecule has 3 rings (SSSR count). The number of hydrogen-bond acceptors (Lipinski definition) is 1. The number of aromatic amines is 1. The van der Waals surface area contributed by atoms with E-state index in [1.807, 2.05) is 19.9 Å². The molecule has 1 heterocycles. The van der Waals surface area contributed by atoms with Gasteiger partial charge in [0.2, 0.25) is 0 Å². The summed E-state index contributed by atoms with van der Waals surface area (Å²) in [5.74, 6) is 0. The number of H-pyrrole nitrogens is 1. The van der Waals surface area contributed by atoms with Crippen molar-refractivity contribution in [1.82, 2.24) is 4.98 Å². The molecule has 1 aliphatic rings. The molecule has 0 unspecified atom stereocenters. The molecule has 0 bridgehead atoms. The molecule has 1 aliphatic carbocycles. The molecule has 2 nitrogen and oxygen atoms in total. The van der Waals surface area contributed by atoms with Crippen LogP contribution in [0.5, 0.6) is 0 Å². The molecule has 0 fully saturated rings. The van der Waals surface area contributed by atoms with Crippen LogP contribution < -0.4 is 0 Å². The summed E-state index contributed by atoms with van der Waals surface area (Å²) in [6.07, 6.45) is 8.15. The smallest absolute Gasteiger partial charge is 0.0606 e. The molecule has 0 amide bonds. The third-order valence-electron chi connectivity index (χ3n) is 3.28. The molecule has 2 N–H and O–H groups in total. The zero-order chi connectivity index (χ0) is 13.8. The van der Waals surface area contributed by atoms with Crippen molar-refractivity contribution in [3.8, 4) is 0 Å².